The monoisotopic (exact) mass is 306 g/mol. The number of aromatic nitrogens is 3. The maximum atomic E-state index is 11.5. The van der Waals surface area contributed by atoms with Gasteiger partial charge >= 0.3 is 0 Å². The highest BCUT2D eigenvalue weighted by Gasteiger charge is 2.31. The van der Waals surface area contributed by atoms with Gasteiger partial charge < -0.3 is 4.57 Å². The molecule has 1 saturated carbocycles. The van der Waals surface area contributed by atoms with E-state index in [1.807, 2.05) is 6.08 Å². The molecule has 0 atom stereocenters. The van der Waals surface area contributed by atoms with E-state index in [4.69, 9.17) is 0 Å². The first-order chi connectivity index (χ1) is 10.2. The molecule has 0 spiro atoms. The third-order valence-corrected chi connectivity index (χ3v) is 4.65. The lowest BCUT2D eigenvalue weighted by molar-refractivity contribution is -0.137. The molecule has 1 saturated heterocycles. The lowest BCUT2D eigenvalue weighted by Crippen LogP contribution is -2.31. The fraction of sp³-hybridized carbons (Fsp3) is 0.571. The Labute approximate surface area is 127 Å². The van der Waals surface area contributed by atoms with E-state index in [2.05, 4.69) is 21.3 Å². The Morgan fingerprint density at radius 2 is 1.95 bits per heavy atom. The Hall–Kier alpha value is -1.63. The molecule has 6 nitrogen and oxygen atoms in total. The number of allylic oxidation sites excluding steroid dienone is 1. The lowest BCUT2D eigenvalue weighted by atomic mass is 10.4. The zero-order valence-corrected chi connectivity index (χ0v) is 12.6. The number of amides is 2. The molecule has 0 unspecified atom stereocenters. The predicted octanol–water partition coefficient (Wildman–Crippen LogP) is 1.58. The van der Waals surface area contributed by atoms with Crippen molar-refractivity contribution in [3.63, 3.8) is 0 Å². The first kappa shape index (κ1) is 14.3. The second kappa shape index (κ2) is 6.01. The molecule has 2 aliphatic rings. The molecule has 2 fully saturated rings. The average Bonchev–Trinajstić information content (AvgIpc) is 3.17. The number of carbonyl (C=O) groups is 2. The van der Waals surface area contributed by atoms with Crippen LogP contribution in [0.25, 0.3) is 0 Å². The van der Waals surface area contributed by atoms with E-state index in [1.54, 1.807) is 0 Å². The van der Waals surface area contributed by atoms with E-state index in [0.717, 1.165) is 11.0 Å². The number of thioether (sulfide) groups is 1. The van der Waals surface area contributed by atoms with Gasteiger partial charge in [0.05, 0.1) is 0 Å². The van der Waals surface area contributed by atoms with Gasteiger partial charge in [0.25, 0.3) is 0 Å². The third kappa shape index (κ3) is 3.02. The third-order valence-electron chi connectivity index (χ3n) is 3.70. The fourth-order valence-corrected chi connectivity index (χ4v) is 3.33. The number of hydrogen-bond acceptors (Lipinski definition) is 5. The summed E-state index contributed by atoms with van der Waals surface area (Å²) in [5.41, 5.74) is 0. The van der Waals surface area contributed by atoms with Crippen LogP contribution in [0.15, 0.2) is 17.8 Å². The minimum absolute atomic E-state index is 0.0631. The quantitative estimate of drug-likeness (QED) is 0.435. The molecule has 112 valence electrons. The van der Waals surface area contributed by atoms with Crippen LogP contribution in [-0.4, -0.2) is 43.8 Å². The van der Waals surface area contributed by atoms with Crippen molar-refractivity contribution in [3.8, 4) is 0 Å². The number of likely N-dealkylation sites (tertiary alicyclic amines) is 1. The molecule has 3 rings (SSSR count). The molecule has 21 heavy (non-hydrogen) atoms. The van der Waals surface area contributed by atoms with Crippen molar-refractivity contribution in [1.82, 2.24) is 19.7 Å². The van der Waals surface area contributed by atoms with Crippen molar-refractivity contribution in [2.75, 3.05) is 12.3 Å². The van der Waals surface area contributed by atoms with Crippen molar-refractivity contribution in [2.24, 2.45) is 0 Å². The van der Waals surface area contributed by atoms with Crippen LogP contribution in [0.5, 0.6) is 0 Å². The number of imide groups is 1. The maximum absolute atomic E-state index is 11.5. The van der Waals surface area contributed by atoms with Gasteiger partial charge in [0.1, 0.15) is 5.82 Å². The highest BCUT2D eigenvalue weighted by molar-refractivity contribution is 7.99. The van der Waals surface area contributed by atoms with Crippen LogP contribution >= 0.6 is 11.8 Å². The first-order valence-electron chi connectivity index (χ1n) is 7.20. The lowest BCUT2D eigenvalue weighted by Gasteiger charge is -2.13. The molecule has 1 aromatic rings. The second-order valence-electron chi connectivity index (χ2n) is 5.30. The minimum atomic E-state index is -0.0631. The average molecular weight is 306 g/mol. The second-order valence-corrected chi connectivity index (χ2v) is 6.36. The number of nitrogens with zero attached hydrogens (tertiary/aromatic N) is 4. The van der Waals surface area contributed by atoms with E-state index >= 15 is 0 Å². The summed E-state index contributed by atoms with van der Waals surface area (Å²) in [5, 5.41) is 9.36. The van der Waals surface area contributed by atoms with Crippen LogP contribution < -0.4 is 0 Å². The Morgan fingerprint density at radius 3 is 2.57 bits per heavy atom. The van der Waals surface area contributed by atoms with Crippen LogP contribution in [0.3, 0.4) is 0 Å². The summed E-state index contributed by atoms with van der Waals surface area (Å²) in [6, 6.07) is 0. The molecule has 7 heteroatoms. The largest absolute Gasteiger partial charge is 0.302 e. The molecular formula is C14H18N4O2S. The van der Waals surface area contributed by atoms with Crippen LogP contribution in [0, 0.1) is 0 Å². The summed E-state index contributed by atoms with van der Waals surface area (Å²) >= 11 is 1.54. The van der Waals surface area contributed by atoms with E-state index < -0.39 is 0 Å². The summed E-state index contributed by atoms with van der Waals surface area (Å²) in [5.74, 6) is 2.09. The topological polar surface area (TPSA) is 68.1 Å². The molecule has 0 N–H and O–H groups in total. The highest BCUT2D eigenvalue weighted by atomic mass is 32.2. The van der Waals surface area contributed by atoms with Crippen LogP contribution in [0.4, 0.5) is 0 Å². The van der Waals surface area contributed by atoms with Crippen molar-refractivity contribution in [1.29, 1.82) is 0 Å². The summed E-state index contributed by atoms with van der Waals surface area (Å²) in [7, 11) is 0. The van der Waals surface area contributed by atoms with Crippen molar-refractivity contribution in [2.45, 2.75) is 43.3 Å². The number of rotatable bonds is 7. The van der Waals surface area contributed by atoms with Gasteiger partial charge in [0.15, 0.2) is 5.16 Å². The Kier molecular flexibility index (Phi) is 4.10. The van der Waals surface area contributed by atoms with Gasteiger partial charge in [0, 0.05) is 37.6 Å². The van der Waals surface area contributed by atoms with Crippen LogP contribution in [0.1, 0.15) is 37.4 Å². The van der Waals surface area contributed by atoms with E-state index in [1.165, 1.54) is 29.5 Å². The zero-order valence-electron chi connectivity index (χ0n) is 11.8. The Balaban J connectivity index is 1.61. The molecule has 0 radical (unpaired) electrons. The fourth-order valence-electron chi connectivity index (χ4n) is 2.45. The molecule has 1 aromatic heterocycles. The van der Waals surface area contributed by atoms with Crippen molar-refractivity contribution in [3.05, 3.63) is 18.5 Å². The molecular weight excluding hydrogens is 288 g/mol. The smallest absolute Gasteiger partial charge is 0.229 e. The summed E-state index contributed by atoms with van der Waals surface area (Å²) in [6.07, 6.45) is 4.89. The molecule has 0 bridgehead atoms. The molecule has 1 aliphatic heterocycles. The first-order valence-corrected chi connectivity index (χ1v) is 8.19. The van der Waals surface area contributed by atoms with E-state index in [0.29, 0.717) is 37.6 Å². The highest BCUT2D eigenvalue weighted by Crippen LogP contribution is 2.40. The molecule has 1 aliphatic carbocycles. The predicted molar refractivity (Wildman–Crippen MR) is 78.9 cm³/mol. The van der Waals surface area contributed by atoms with Gasteiger partial charge in [-0.15, -0.1) is 16.8 Å². The van der Waals surface area contributed by atoms with Gasteiger partial charge in [-0.3, -0.25) is 14.5 Å². The minimum Gasteiger partial charge on any atom is -0.302 e. The van der Waals surface area contributed by atoms with E-state index in [-0.39, 0.29) is 11.8 Å². The molecule has 2 amide bonds. The summed E-state index contributed by atoms with van der Waals surface area (Å²) < 4.78 is 2.09. The van der Waals surface area contributed by atoms with Gasteiger partial charge in [-0.25, -0.2) is 0 Å². The summed E-state index contributed by atoms with van der Waals surface area (Å²) in [4.78, 5) is 24.4. The van der Waals surface area contributed by atoms with Gasteiger partial charge in [-0.1, -0.05) is 17.8 Å². The standard InChI is InChI=1S/C14H18N4O2S/c1-2-7-18-13(10-3-4-10)15-16-14(18)21-9-8-17-11(19)5-6-12(17)20/h2,10H,1,3-9H2. The van der Waals surface area contributed by atoms with Crippen LogP contribution in [0.2, 0.25) is 0 Å². The van der Waals surface area contributed by atoms with Gasteiger partial charge in [-0.2, -0.15) is 0 Å². The maximum Gasteiger partial charge on any atom is 0.229 e. The van der Waals surface area contributed by atoms with Gasteiger partial charge in [0.2, 0.25) is 11.8 Å². The van der Waals surface area contributed by atoms with Crippen molar-refractivity contribution >= 4 is 23.6 Å². The zero-order chi connectivity index (χ0) is 14.8. The molecule has 0 aromatic carbocycles. The Bertz CT molecular complexity index is 564. The van der Waals surface area contributed by atoms with Crippen LogP contribution in [-0.2, 0) is 16.1 Å². The van der Waals surface area contributed by atoms with Crippen molar-refractivity contribution < 1.29 is 9.59 Å². The number of hydrogen-bond donors (Lipinski definition) is 0. The number of carbonyl (C=O) groups excluding carboxylic acids is 2. The SMILES string of the molecule is C=CCn1c(SCCN2C(=O)CCC2=O)nnc1C1CC1. The van der Waals surface area contributed by atoms with Gasteiger partial charge in [-0.05, 0) is 12.8 Å². The molecule has 2 heterocycles. The summed E-state index contributed by atoms with van der Waals surface area (Å²) in [6.45, 7) is 4.92. The van der Waals surface area contributed by atoms with E-state index in [9.17, 15) is 9.59 Å². The Morgan fingerprint density at radius 1 is 1.24 bits per heavy atom. The normalized spacial score (nSPS) is 18.6.